The number of benzene rings is 1. The van der Waals surface area contributed by atoms with E-state index in [2.05, 4.69) is 31.9 Å². The zero-order valence-corrected chi connectivity index (χ0v) is 13.7. The molecule has 1 fully saturated rings. The standard InChI is InChI=1S/C18H29NO2/c1-13-9-14(2)16(17(20)10-13)12-19(3)11-15-7-5-6-8-18(15)21-4/h5-8,13-14,16-17,20H,9-12H2,1-4H3. The van der Waals surface area contributed by atoms with Crippen LogP contribution < -0.4 is 4.74 Å². The number of aliphatic hydroxyl groups is 1. The maximum atomic E-state index is 10.4. The topological polar surface area (TPSA) is 32.7 Å². The highest BCUT2D eigenvalue weighted by Crippen LogP contribution is 2.34. The third-order valence-electron chi connectivity index (χ3n) is 4.80. The van der Waals surface area contributed by atoms with Crippen LogP contribution in [0, 0.1) is 17.8 Å². The molecule has 4 unspecified atom stereocenters. The zero-order chi connectivity index (χ0) is 15.4. The Balaban J connectivity index is 1.96. The summed E-state index contributed by atoms with van der Waals surface area (Å²) in [5.41, 5.74) is 1.20. The van der Waals surface area contributed by atoms with Gasteiger partial charge in [-0.15, -0.1) is 0 Å². The van der Waals surface area contributed by atoms with Crippen LogP contribution in [0.15, 0.2) is 24.3 Å². The molecule has 0 bridgehead atoms. The Morgan fingerprint density at radius 3 is 2.62 bits per heavy atom. The first kappa shape index (κ1) is 16.3. The molecule has 21 heavy (non-hydrogen) atoms. The minimum absolute atomic E-state index is 0.163. The number of aliphatic hydroxyl groups excluding tert-OH is 1. The quantitative estimate of drug-likeness (QED) is 0.904. The third kappa shape index (κ3) is 4.21. The molecule has 0 spiro atoms. The van der Waals surface area contributed by atoms with E-state index in [1.54, 1.807) is 7.11 Å². The van der Waals surface area contributed by atoms with E-state index in [4.69, 9.17) is 4.74 Å². The molecule has 0 aliphatic heterocycles. The highest BCUT2D eigenvalue weighted by atomic mass is 16.5. The van der Waals surface area contributed by atoms with Crippen molar-refractivity contribution in [3.8, 4) is 5.75 Å². The van der Waals surface area contributed by atoms with Crippen molar-refractivity contribution >= 4 is 0 Å². The lowest BCUT2D eigenvalue weighted by atomic mass is 9.73. The van der Waals surface area contributed by atoms with Crippen LogP contribution in [0.1, 0.15) is 32.3 Å². The smallest absolute Gasteiger partial charge is 0.123 e. The Bertz CT molecular complexity index is 437. The molecule has 4 atom stereocenters. The molecule has 1 N–H and O–H groups in total. The van der Waals surface area contributed by atoms with Crippen molar-refractivity contribution in [3.05, 3.63) is 29.8 Å². The first-order chi connectivity index (χ1) is 10.0. The lowest BCUT2D eigenvalue weighted by Gasteiger charge is -2.39. The number of nitrogens with zero attached hydrogens (tertiary/aromatic N) is 1. The summed E-state index contributed by atoms with van der Waals surface area (Å²) in [6.45, 7) is 6.32. The van der Waals surface area contributed by atoms with E-state index in [0.717, 1.165) is 25.3 Å². The van der Waals surface area contributed by atoms with Crippen molar-refractivity contribution in [1.29, 1.82) is 0 Å². The molecule has 0 amide bonds. The number of rotatable bonds is 5. The Morgan fingerprint density at radius 1 is 1.24 bits per heavy atom. The monoisotopic (exact) mass is 291 g/mol. The van der Waals surface area contributed by atoms with Gasteiger partial charge in [0.1, 0.15) is 5.75 Å². The molecule has 1 aromatic rings. The number of hydrogen-bond acceptors (Lipinski definition) is 3. The van der Waals surface area contributed by atoms with E-state index >= 15 is 0 Å². The first-order valence-corrected chi connectivity index (χ1v) is 7.99. The summed E-state index contributed by atoms with van der Waals surface area (Å²) >= 11 is 0. The fourth-order valence-electron chi connectivity index (χ4n) is 3.72. The molecule has 1 aliphatic rings. The fraction of sp³-hybridized carbons (Fsp3) is 0.667. The van der Waals surface area contributed by atoms with Gasteiger partial charge in [0.05, 0.1) is 13.2 Å². The normalized spacial score (nSPS) is 29.6. The summed E-state index contributed by atoms with van der Waals surface area (Å²) in [4.78, 5) is 2.30. The molecular formula is C18H29NO2. The second kappa shape index (κ2) is 7.28. The van der Waals surface area contributed by atoms with Gasteiger partial charge in [-0.05, 0) is 37.8 Å². The van der Waals surface area contributed by atoms with Gasteiger partial charge in [0, 0.05) is 24.6 Å². The summed E-state index contributed by atoms with van der Waals surface area (Å²) in [5.74, 6) is 2.55. The lowest BCUT2D eigenvalue weighted by molar-refractivity contribution is 0.000534. The van der Waals surface area contributed by atoms with Gasteiger partial charge in [0.15, 0.2) is 0 Å². The Morgan fingerprint density at radius 2 is 1.95 bits per heavy atom. The first-order valence-electron chi connectivity index (χ1n) is 7.99. The highest BCUT2D eigenvalue weighted by molar-refractivity contribution is 5.33. The van der Waals surface area contributed by atoms with Gasteiger partial charge in [0.2, 0.25) is 0 Å². The number of para-hydroxylation sites is 1. The van der Waals surface area contributed by atoms with E-state index in [1.807, 2.05) is 18.2 Å². The van der Waals surface area contributed by atoms with Gasteiger partial charge >= 0.3 is 0 Å². The minimum Gasteiger partial charge on any atom is -0.496 e. The van der Waals surface area contributed by atoms with Crippen molar-refractivity contribution in [1.82, 2.24) is 4.90 Å². The molecule has 3 heteroatoms. The summed E-state index contributed by atoms with van der Waals surface area (Å²) in [6, 6.07) is 8.16. The van der Waals surface area contributed by atoms with Crippen LogP contribution in [0.25, 0.3) is 0 Å². The largest absolute Gasteiger partial charge is 0.496 e. The minimum atomic E-state index is -0.163. The zero-order valence-electron chi connectivity index (χ0n) is 13.7. The molecule has 118 valence electrons. The predicted octanol–water partition coefficient (Wildman–Crippen LogP) is 3.17. The molecule has 2 rings (SSSR count). The number of hydrogen-bond donors (Lipinski definition) is 1. The maximum Gasteiger partial charge on any atom is 0.123 e. The van der Waals surface area contributed by atoms with Crippen LogP contribution >= 0.6 is 0 Å². The van der Waals surface area contributed by atoms with E-state index in [1.165, 1.54) is 12.0 Å². The van der Waals surface area contributed by atoms with E-state index in [-0.39, 0.29) is 6.10 Å². The van der Waals surface area contributed by atoms with Crippen molar-refractivity contribution in [2.45, 2.75) is 39.3 Å². The molecule has 0 heterocycles. The molecular weight excluding hydrogens is 262 g/mol. The fourth-order valence-corrected chi connectivity index (χ4v) is 3.72. The van der Waals surface area contributed by atoms with Gasteiger partial charge < -0.3 is 14.7 Å². The third-order valence-corrected chi connectivity index (χ3v) is 4.80. The second-order valence-corrected chi connectivity index (χ2v) is 6.79. The molecule has 0 saturated heterocycles. The average molecular weight is 291 g/mol. The molecule has 0 radical (unpaired) electrons. The van der Waals surface area contributed by atoms with E-state index < -0.39 is 0 Å². The molecule has 1 aromatic carbocycles. The summed E-state index contributed by atoms with van der Waals surface area (Å²) in [6.07, 6.45) is 2.01. The lowest BCUT2D eigenvalue weighted by Crippen LogP contribution is -2.41. The number of methoxy groups -OCH3 is 1. The molecule has 1 saturated carbocycles. The summed E-state index contributed by atoms with van der Waals surface area (Å²) in [5, 5.41) is 10.4. The van der Waals surface area contributed by atoms with Crippen LogP contribution in [-0.4, -0.2) is 36.8 Å². The van der Waals surface area contributed by atoms with E-state index in [9.17, 15) is 5.11 Å². The number of ether oxygens (including phenoxy) is 1. The van der Waals surface area contributed by atoms with Crippen molar-refractivity contribution < 1.29 is 9.84 Å². The van der Waals surface area contributed by atoms with Crippen LogP contribution in [0.4, 0.5) is 0 Å². The highest BCUT2D eigenvalue weighted by Gasteiger charge is 2.33. The van der Waals surface area contributed by atoms with Crippen LogP contribution in [0.3, 0.4) is 0 Å². The van der Waals surface area contributed by atoms with Gasteiger partial charge in [-0.2, -0.15) is 0 Å². The summed E-state index contributed by atoms with van der Waals surface area (Å²) < 4.78 is 5.42. The van der Waals surface area contributed by atoms with Crippen molar-refractivity contribution in [2.75, 3.05) is 20.7 Å². The Labute approximate surface area is 128 Å². The van der Waals surface area contributed by atoms with Gasteiger partial charge in [-0.25, -0.2) is 0 Å². The Hall–Kier alpha value is -1.06. The van der Waals surface area contributed by atoms with E-state index in [0.29, 0.717) is 17.8 Å². The van der Waals surface area contributed by atoms with Crippen molar-refractivity contribution in [3.63, 3.8) is 0 Å². The van der Waals surface area contributed by atoms with Gasteiger partial charge in [0.25, 0.3) is 0 Å². The average Bonchev–Trinajstić information content (AvgIpc) is 2.43. The SMILES string of the molecule is COc1ccccc1CN(C)CC1C(C)CC(C)CC1O. The second-order valence-electron chi connectivity index (χ2n) is 6.79. The van der Waals surface area contributed by atoms with Crippen LogP contribution in [0.5, 0.6) is 5.75 Å². The molecule has 0 aromatic heterocycles. The van der Waals surface area contributed by atoms with Gasteiger partial charge in [-0.1, -0.05) is 32.0 Å². The van der Waals surface area contributed by atoms with Crippen LogP contribution in [0.2, 0.25) is 0 Å². The maximum absolute atomic E-state index is 10.4. The van der Waals surface area contributed by atoms with Gasteiger partial charge in [-0.3, -0.25) is 0 Å². The Kier molecular flexibility index (Phi) is 5.65. The molecule has 1 aliphatic carbocycles. The van der Waals surface area contributed by atoms with Crippen molar-refractivity contribution in [2.24, 2.45) is 17.8 Å². The predicted molar refractivity (Wildman–Crippen MR) is 86.4 cm³/mol. The summed E-state index contributed by atoms with van der Waals surface area (Å²) in [7, 11) is 3.84. The van der Waals surface area contributed by atoms with Crippen LogP contribution in [-0.2, 0) is 6.54 Å². The molecule has 3 nitrogen and oxygen atoms in total.